The molecule has 4 rings (SSSR count). The van der Waals surface area contributed by atoms with E-state index in [1.165, 1.54) is 30.2 Å². The number of ether oxygens (including phenoxy) is 1. The Morgan fingerprint density at radius 2 is 1.73 bits per heavy atom. The molecule has 0 N–H and O–H groups in total. The number of pyridine rings is 1. The number of methoxy groups -OCH3 is 1. The Morgan fingerprint density at radius 1 is 1.00 bits per heavy atom. The van der Waals surface area contributed by atoms with Crippen LogP contribution in [0.15, 0.2) is 73.8 Å². The van der Waals surface area contributed by atoms with E-state index >= 15 is 0 Å². The van der Waals surface area contributed by atoms with Crippen LogP contribution in [-0.4, -0.2) is 24.7 Å². The number of anilines is 3. The second kappa shape index (κ2) is 10.5. The minimum Gasteiger partial charge on any atom is -0.481 e. The Kier molecular flexibility index (Phi) is 7.33. The number of aryl methyl sites for hydroxylation is 1. The van der Waals surface area contributed by atoms with Crippen LogP contribution in [0.5, 0.6) is 5.88 Å². The van der Waals surface area contributed by atoms with Crippen LogP contribution in [0, 0.1) is 5.82 Å². The molecule has 1 aliphatic rings. The van der Waals surface area contributed by atoms with Crippen LogP contribution < -0.4 is 14.5 Å². The van der Waals surface area contributed by atoms with Gasteiger partial charge in [-0.1, -0.05) is 12.2 Å². The summed E-state index contributed by atoms with van der Waals surface area (Å²) in [5.41, 5.74) is 1.34. The summed E-state index contributed by atoms with van der Waals surface area (Å²) in [6.07, 6.45) is 0.00681. The molecule has 9 heteroatoms. The molecule has 192 valence electrons. The summed E-state index contributed by atoms with van der Waals surface area (Å²) in [5, 5.41) is 0. The minimum absolute atomic E-state index is 0.0257. The maximum absolute atomic E-state index is 14.2. The molecule has 0 fully saturated rings. The number of nitrogens with zero attached hydrogens (tertiary/aromatic N) is 3. The second-order valence-electron chi connectivity index (χ2n) is 8.44. The van der Waals surface area contributed by atoms with Crippen LogP contribution in [0.1, 0.15) is 33.6 Å². The normalized spacial score (nSPS) is 13.4. The lowest BCUT2D eigenvalue weighted by molar-refractivity contribution is -0.137. The number of fused-ring (bicyclic) bond motifs is 1. The third-order valence-electron chi connectivity index (χ3n) is 6.09. The van der Waals surface area contributed by atoms with E-state index in [2.05, 4.69) is 18.1 Å². The van der Waals surface area contributed by atoms with Gasteiger partial charge >= 0.3 is 6.18 Å². The predicted molar refractivity (Wildman–Crippen MR) is 135 cm³/mol. The van der Waals surface area contributed by atoms with Gasteiger partial charge in [-0.2, -0.15) is 13.2 Å². The summed E-state index contributed by atoms with van der Waals surface area (Å²) >= 11 is 0. The molecule has 0 saturated heterocycles. The van der Waals surface area contributed by atoms with Gasteiger partial charge in [-0.05, 0) is 60.9 Å². The number of aromatic nitrogens is 1. The number of hydrogen-bond donors (Lipinski definition) is 0. The topological polar surface area (TPSA) is 45.7 Å². The summed E-state index contributed by atoms with van der Waals surface area (Å²) in [6.45, 7) is 7.43. The lowest BCUT2D eigenvalue weighted by atomic mass is 10.00. The number of halogens is 4. The number of carbonyl (C=O) groups excluding carboxylic acids is 1. The minimum atomic E-state index is -4.64. The Bertz CT molecular complexity index is 1350. The quantitative estimate of drug-likeness (QED) is 0.245. The fraction of sp³-hybridized carbons (Fsp3) is 0.214. The molecule has 1 amide bonds. The highest BCUT2D eigenvalue weighted by atomic mass is 19.4. The van der Waals surface area contributed by atoms with Crippen molar-refractivity contribution < 1.29 is 27.1 Å². The van der Waals surface area contributed by atoms with Gasteiger partial charge in [-0.25, -0.2) is 9.37 Å². The molecule has 0 bridgehead atoms. The molecular weight excluding hydrogens is 486 g/mol. The second-order valence-corrected chi connectivity index (χ2v) is 8.44. The number of hydrogen-bond acceptors (Lipinski definition) is 4. The zero-order valence-electron chi connectivity index (χ0n) is 20.2. The van der Waals surface area contributed by atoms with Crippen LogP contribution in [-0.2, 0) is 19.0 Å². The molecule has 0 aliphatic carbocycles. The highest BCUT2D eigenvalue weighted by molar-refractivity contribution is 6.13. The lowest BCUT2D eigenvalue weighted by Gasteiger charge is -2.39. The molecule has 0 atom stereocenters. The van der Waals surface area contributed by atoms with Crippen molar-refractivity contribution >= 4 is 23.0 Å². The standard InChI is InChI=1S/C28H25F4N3O2/c1-4-6-8-18-15-20(29)10-12-23(18)34-17-35(25-13-14-26(37-3)33-22(25)7-5-2)27(36)21-16-19(28(30,31)32)9-11-24(21)34/h4-5,9-16H,1-2,6-8,17H2,3H3. The maximum atomic E-state index is 14.2. The first-order valence-electron chi connectivity index (χ1n) is 11.5. The smallest absolute Gasteiger partial charge is 0.416 e. The van der Waals surface area contributed by atoms with E-state index < -0.39 is 23.5 Å². The zero-order valence-corrected chi connectivity index (χ0v) is 20.2. The Balaban J connectivity index is 1.92. The van der Waals surface area contributed by atoms with Crippen molar-refractivity contribution in [3.05, 3.63) is 102 Å². The number of benzene rings is 2. The van der Waals surface area contributed by atoms with E-state index in [1.54, 1.807) is 35.3 Å². The fourth-order valence-electron chi connectivity index (χ4n) is 4.33. The molecule has 0 unspecified atom stereocenters. The third-order valence-corrected chi connectivity index (χ3v) is 6.09. The van der Waals surface area contributed by atoms with Crippen molar-refractivity contribution in [3.8, 4) is 5.88 Å². The average molecular weight is 512 g/mol. The lowest BCUT2D eigenvalue weighted by Crippen LogP contribution is -2.46. The Hall–Kier alpha value is -4.14. The van der Waals surface area contributed by atoms with Gasteiger partial charge in [0.25, 0.3) is 5.91 Å². The summed E-state index contributed by atoms with van der Waals surface area (Å²) in [5.74, 6) is -0.718. The van der Waals surface area contributed by atoms with E-state index in [-0.39, 0.29) is 12.2 Å². The number of alkyl halides is 3. The first kappa shape index (κ1) is 25.9. The number of allylic oxidation sites excluding steroid dienone is 2. The fourth-order valence-corrected chi connectivity index (χ4v) is 4.33. The van der Waals surface area contributed by atoms with Crippen molar-refractivity contribution in [2.45, 2.75) is 25.4 Å². The van der Waals surface area contributed by atoms with Gasteiger partial charge in [0.15, 0.2) is 0 Å². The number of carbonyl (C=O) groups is 1. The molecular formula is C28H25F4N3O2. The van der Waals surface area contributed by atoms with Crippen LogP contribution in [0.4, 0.5) is 34.6 Å². The average Bonchev–Trinajstić information content (AvgIpc) is 2.88. The molecule has 37 heavy (non-hydrogen) atoms. The summed E-state index contributed by atoms with van der Waals surface area (Å²) in [4.78, 5) is 21.2. The highest BCUT2D eigenvalue weighted by Gasteiger charge is 2.37. The van der Waals surface area contributed by atoms with Gasteiger partial charge in [0, 0.05) is 18.2 Å². The molecule has 0 spiro atoms. The van der Waals surface area contributed by atoms with E-state index in [9.17, 15) is 22.4 Å². The van der Waals surface area contributed by atoms with E-state index in [0.29, 0.717) is 53.5 Å². The van der Waals surface area contributed by atoms with Crippen LogP contribution >= 0.6 is 0 Å². The Labute approximate surface area is 212 Å². The molecule has 3 aromatic rings. The van der Waals surface area contributed by atoms with Crippen LogP contribution in [0.2, 0.25) is 0 Å². The molecule has 1 aliphatic heterocycles. The monoisotopic (exact) mass is 511 g/mol. The first-order chi connectivity index (χ1) is 17.7. The highest BCUT2D eigenvalue weighted by Crippen LogP contribution is 2.41. The molecule has 0 saturated carbocycles. The molecule has 5 nitrogen and oxygen atoms in total. The summed E-state index contributed by atoms with van der Waals surface area (Å²) in [7, 11) is 1.46. The SMILES string of the molecule is C=CCCc1cc(F)ccc1N1CN(c2ccc(OC)nc2CC=C)C(=O)c2cc(C(F)(F)F)ccc21. The van der Waals surface area contributed by atoms with Crippen LogP contribution in [0.25, 0.3) is 0 Å². The van der Waals surface area contributed by atoms with Gasteiger partial charge in [-0.3, -0.25) is 9.69 Å². The van der Waals surface area contributed by atoms with E-state index in [1.807, 2.05) is 0 Å². The van der Waals surface area contributed by atoms with Gasteiger partial charge in [0.2, 0.25) is 5.88 Å². The maximum Gasteiger partial charge on any atom is 0.416 e. The number of amides is 1. The van der Waals surface area contributed by atoms with Crippen molar-refractivity contribution in [2.24, 2.45) is 0 Å². The molecule has 0 radical (unpaired) electrons. The molecule has 1 aromatic heterocycles. The van der Waals surface area contributed by atoms with Crippen molar-refractivity contribution in [3.63, 3.8) is 0 Å². The van der Waals surface area contributed by atoms with Gasteiger partial charge in [0.1, 0.15) is 12.5 Å². The third kappa shape index (κ3) is 5.21. The van der Waals surface area contributed by atoms with Crippen molar-refractivity contribution in [2.75, 3.05) is 23.6 Å². The summed E-state index contributed by atoms with van der Waals surface area (Å²) in [6, 6.07) is 10.5. The predicted octanol–water partition coefficient (Wildman–Crippen LogP) is 6.85. The molecule has 2 heterocycles. The molecule has 2 aromatic carbocycles. The number of rotatable bonds is 8. The van der Waals surface area contributed by atoms with Gasteiger partial charge in [-0.15, -0.1) is 13.2 Å². The van der Waals surface area contributed by atoms with E-state index in [4.69, 9.17) is 4.74 Å². The zero-order chi connectivity index (χ0) is 26.7. The van der Waals surface area contributed by atoms with Gasteiger partial charge < -0.3 is 9.64 Å². The largest absolute Gasteiger partial charge is 0.481 e. The Morgan fingerprint density at radius 3 is 2.41 bits per heavy atom. The first-order valence-corrected chi connectivity index (χ1v) is 11.5. The summed E-state index contributed by atoms with van der Waals surface area (Å²) < 4.78 is 60.2. The van der Waals surface area contributed by atoms with E-state index in [0.717, 1.165) is 12.1 Å². The van der Waals surface area contributed by atoms with Crippen molar-refractivity contribution in [1.82, 2.24) is 4.98 Å². The van der Waals surface area contributed by atoms with Crippen LogP contribution in [0.3, 0.4) is 0 Å². The van der Waals surface area contributed by atoms with Crippen molar-refractivity contribution in [1.29, 1.82) is 0 Å². The van der Waals surface area contributed by atoms with Gasteiger partial charge in [0.05, 0.1) is 35.3 Å².